The van der Waals surface area contributed by atoms with Gasteiger partial charge in [-0.05, 0) is 41.8 Å². The van der Waals surface area contributed by atoms with Crippen molar-refractivity contribution in [2.24, 2.45) is 0 Å². The molecule has 1 N–H and O–H groups in total. The number of aromatic carboxylic acids is 1. The molecule has 142 valence electrons. The Labute approximate surface area is 161 Å². The number of ether oxygens (including phenoxy) is 2. The number of carboxylic acids is 1. The maximum Gasteiger partial charge on any atom is 0.338 e. The molecule has 2 heterocycles. The first-order valence-corrected chi connectivity index (χ1v) is 8.89. The number of benzene rings is 2. The van der Waals surface area contributed by atoms with Gasteiger partial charge in [0, 0.05) is 11.1 Å². The topological polar surface area (TPSA) is 68.7 Å². The molecule has 0 radical (unpaired) electrons. The lowest BCUT2D eigenvalue weighted by Gasteiger charge is -2.17. The number of hydrogen-bond donors (Lipinski definition) is 1. The van der Waals surface area contributed by atoms with Crippen LogP contribution in [0.1, 0.15) is 35.8 Å². The third-order valence-corrected chi connectivity index (χ3v) is 4.64. The first kappa shape index (κ1) is 18.0. The zero-order chi connectivity index (χ0) is 19.8. The second-order valence-electron chi connectivity index (χ2n) is 6.82. The maximum atomic E-state index is 13.4. The van der Waals surface area contributed by atoms with E-state index in [1.165, 1.54) is 12.1 Å². The first-order chi connectivity index (χ1) is 13.5. The highest BCUT2D eigenvalue weighted by molar-refractivity contribution is 5.98. The zero-order valence-electron chi connectivity index (χ0n) is 15.4. The Morgan fingerprint density at radius 3 is 2.54 bits per heavy atom. The molecule has 0 spiro atoms. The SMILES string of the molecule is CC(C)c1nc(-c2cccc3c2OCO3)cc(-c2ccc(F)cc2)c1C(=O)O. The molecule has 0 atom stereocenters. The van der Waals surface area contributed by atoms with Gasteiger partial charge < -0.3 is 14.6 Å². The van der Waals surface area contributed by atoms with Gasteiger partial charge in [0.05, 0.1) is 17.0 Å². The van der Waals surface area contributed by atoms with Crippen LogP contribution in [0.25, 0.3) is 22.4 Å². The summed E-state index contributed by atoms with van der Waals surface area (Å²) in [5.41, 5.74) is 2.97. The van der Waals surface area contributed by atoms with Crippen LogP contribution in [-0.2, 0) is 0 Å². The second-order valence-corrected chi connectivity index (χ2v) is 6.82. The molecule has 1 aliphatic rings. The summed E-state index contributed by atoms with van der Waals surface area (Å²) >= 11 is 0. The quantitative estimate of drug-likeness (QED) is 0.683. The monoisotopic (exact) mass is 379 g/mol. The number of rotatable bonds is 4. The van der Waals surface area contributed by atoms with E-state index in [4.69, 9.17) is 9.47 Å². The Morgan fingerprint density at radius 2 is 1.86 bits per heavy atom. The molecule has 0 fully saturated rings. The number of hydrogen-bond acceptors (Lipinski definition) is 4. The number of pyridine rings is 1. The average Bonchev–Trinajstić information content (AvgIpc) is 3.16. The third kappa shape index (κ3) is 3.07. The van der Waals surface area contributed by atoms with Crippen molar-refractivity contribution in [1.29, 1.82) is 0 Å². The number of fused-ring (bicyclic) bond motifs is 1. The molecule has 0 aliphatic carbocycles. The Hall–Kier alpha value is -3.41. The summed E-state index contributed by atoms with van der Waals surface area (Å²) in [5, 5.41) is 9.87. The highest BCUT2D eigenvalue weighted by Crippen LogP contribution is 2.42. The van der Waals surface area contributed by atoms with Gasteiger partial charge >= 0.3 is 5.97 Å². The van der Waals surface area contributed by atoms with Gasteiger partial charge in [0.25, 0.3) is 0 Å². The van der Waals surface area contributed by atoms with E-state index < -0.39 is 5.97 Å². The predicted molar refractivity (Wildman–Crippen MR) is 102 cm³/mol. The van der Waals surface area contributed by atoms with E-state index in [1.54, 1.807) is 18.2 Å². The van der Waals surface area contributed by atoms with Crippen LogP contribution in [0.3, 0.4) is 0 Å². The molecule has 4 rings (SSSR count). The summed E-state index contributed by atoms with van der Waals surface area (Å²) in [6, 6.07) is 13.0. The van der Waals surface area contributed by atoms with Crippen molar-refractivity contribution < 1.29 is 23.8 Å². The molecule has 5 nitrogen and oxygen atoms in total. The van der Waals surface area contributed by atoms with E-state index >= 15 is 0 Å². The molecule has 0 amide bonds. The number of carbonyl (C=O) groups is 1. The minimum Gasteiger partial charge on any atom is -0.478 e. The largest absolute Gasteiger partial charge is 0.478 e. The van der Waals surface area contributed by atoms with E-state index in [2.05, 4.69) is 4.98 Å². The highest BCUT2D eigenvalue weighted by atomic mass is 19.1. The van der Waals surface area contributed by atoms with Gasteiger partial charge in [-0.3, -0.25) is 4.98 Å². The van der Waals surface area contributed by atoms with Crippen LogP contribution in [0, 0.1) is 5.82 Å². The first-order valence-electron chi connectivity index (χ1n) is 8.89. The molecule has 1 aliphatic heterocycles. The molecule has 2 aromatic carbocycles. The summed E-state index contributed by atoms with van der Waals surface area (Å²) in [6.45, 7) is 3.91. The summed E-state index contributed by atoms with van der Waals surface area (Å²) in [5.74, 6) is -0.376. The molecular formula is C22H18FNO4. The third-order valence-electron chi connectivity index (χ3n) is 4.64. The van der Waals surface area contributed by atoms with Crippen molar-refractivity contribution >= 4 is 5.97 Å². The lowest BCUT2D eigenvalue weighted by atomic mass is 9.92. The van der Waals surface area contributed by atoms with Crippen molar-refractivity contribution in [3.05, 3.63) is 65.6 Å². The Bertz CT molecular complexity index is 1060. The van der Waals surface area contributed by atoms with Crippen molar-refractivity contribution in [3.63, 3.8) is 0 Å². The van der Waals surface area contributed by atoms with E-state index in [1.807, 2.05) is 32.0 Å². The number of aromatic nitrogens is 1. The number of nitrogens with zero attached hydrogens (tertiary/aromatic N) is 1. The lowest BCUT2D eigenvalue weighted by Crippen LogP contribution is -2.10. The Kier molecular flexibility index (Phi) is 4.47. The smallest absolute Gasteiger partial charge is 0.338 e. The van der Waals surface area contributed by atoms with Crippen LogP contribution in [-0.4, -0.2) is 22.9 Å². The summed E-state index contributed by atoms with van der Waals surface area (Å²) < 4.78 is 24.4. The van der Waals surface area contributed by atoms with Gasteiger partial charge in [-0.25, -0.2) is 9.18 Å². The molecule has 28 heavy (non-hydrogen) atoms. The number of carboxylic acid groups (broad SMARTS) is 1. The van der Waals surface area contributed by atoms with E-state index in [-0.39, 0.29) is 24.1 Å². The molecule has 0 unspecified atom stereocenters. The number of halogens is 1. The maximum absolute atomic E-state index is 13.4. The molecule has 0 bridgehead atoms. The second kappa shape index (κ2) is 6.96. The van der Waals surface area contributed by atoms with Crippen LogP contribution in [0.15, 0.2) is 48.5 Å². The van der Waals surface area contributed by atoms with E-state index in [0.29, 0.717) is 34.0 Å². The minimum absolute atomic E-state index is 0.120. The molecule has 1 aromatic heterocycles. The molecule has 3 aromatic rings. The van der Waals surface area contributed by atoms with Crippen LogP contribution in [0.2, 0.25) is 0 Å². The Morgan fingerprint density at radius 1 is 1.11 bits per heavy atom. The highest BCUT2D eigenvalue weighted by Gasteiger charge is 2.25. The summed E-state index contributed by atoms with van der Waals surface area (Å²) in [4.78, 5) is 16.7. The fourth-order valence-corrected chi connectivity index (χ4v) is 3.33. The molecule has 0 saturated heterocycles. The van der Waals surface area contributed by atoms with Gasteiger partial charge in [-0.2, -0.15) is 0 Å². The standard InChI is InChI=1S/C22H18FNO4/c1-12(2)20-19(22(25)26)16(13-6-8-14(23)9-7-13)10-17(24-20)15-4-3-5-18-21(15)28-11-27-18/h3-10,12H,11H2,1-2H3,(H,25,26). The summed E-state index contributed by atoms with van der Waals surface area (Å²) in [6.07, 6.45) is 0. The van der Waals surface area contributed by atoms with Gasteiger partial charge in [-0.15, -0.1) is 0 Å². The predicted octanol–water partition coefficient (Wildman–Crippen LogP) is 5.11. The summed E-state index contributed by atoms with van der Waals surface area (Å²) in [7, 11) is 0. The van der Waals surface area contributed by atoms with Crippen LogP contribution >= 0.6 is 0 Å². The van der Waals surface area contributed by atoms with Gasteiger partial charge in [0.15, 0.2) is 11.5 Å². The lowest BCUT2D eigenvalue weighted by molar-refractivity contribution is 0.0695. The minimum atomic E-state index is -1.07. The molecular weight excluding hydrogens is 361 g/mol. The molecule has 0 saturated carbocycles. The van der Waals surface area contributed by atoms with Crippen LogP contribution in [0.4, 0.5) is 4.39 Å². The fourth-order valence-electron chi connectivity index (χ4n) is 3.33. The fraction of sp³-hybridized carbons (Fsp3) is 0.182. The number of para-hydroxylation sites is 1. The van der Waals surface area contributed by atoms with Gasteiger partial charge in [-0.1, -0.05) is 32.0 Å². The van der Waals surface area contributed by atoms with Crippen molar-refractivity contribution in [2.45, 2.75) is 19.8 Å². The van der Waals surface area contributed by atoms with E-state index in [0.717, 1.165) is 5.56 Å². The van der Waals surface area contributed by atoms with Crippen molar-refractivity contribution in [1.82, 2.24) is 4.98 Å². The Balaban J connectivity index is 2.01. The van der Waals surface area contributed by atoms with Crippen molar-refractivity contribution in [2.75, 3.05) is 6.79 Å². The van der Waals surface area contributed by atoms with Gasteiger partial charge in [0.1, 0.15) is 5.82 Å². The van der Waals surface area contributed by atoms with Crippen LogP contribution in [0.5, 0.6) is 11.5 Å². The zero-order valence-corrected chi connectivity index (χ0v) is 15.4. The molecule has 6 heteroatoms. The van der Waals surface area contributed by atoms with Crippen molar-refractivity contribution in [3.8, 4) is 33.9 Å². The van der Waals surface area contributed by atoms with Crippen LogP contribution < -0.4 is 9.47 Å². The van der Waals surface area contributed by atoms with E-state index in [9.17, 15) is 14.3 Å². The average molecular weight is 379 g/mol. The van der Waals surface area contributed by atoms with Gasteiger partial charge in [0.2, 0.25) is 6.79 Å². The normalized spacial score (nSPS) is 12.4.